The van der Waals surface area contributed by atoms with Gasteiger partial charge in [-0.25, -0.2) is 4.79 Å². The van der Waals surface area contributed by atoms with Crippen LogP contribution in [0.3, 0.4) is 0 Å². The second kappa shape index (κ2) is 6.30. The summed E-state index contributed by atoms with van der Waals surface area (Å²) in [4.78, 5) is 14.2. The zero-order chi connectivity index (χ0) is 14.8. The van der Waals surface area contributed by atoms with Crippen molar-refractivity contribution >= 4 is 28.7 Å². The normalized spacial score (nSPS) is 19.8. The minimum atomic E-state index is -0.460. The van der Waals surface area contributed by atoms with Gasteiger partial charge < -0.3 is 10.1 Å². The van der Waals surface area contributed by atoms with Crippen molar-refractivity contribution < 1.29 is 9.53 Å². The Kier molecular flexibility index (Phi) is 4.90. The van der Waals surface area contributed by atoms with Crippen molar-refractivity contribution in [2.45, 2.75) is 32.4 Å². The summed E-state index contributed by atoms with van der Waals surface area (Å²) in [5.41, 5.74) is 0.682. The van der Waals surface area contributed by atoms with Gasteiger partial charge in [0.25, 0.3) is 0 Å². The fourth-order valence-corrected chi connectivity index (χ4v) is 2.59. The van der Waals surface area contributed by atoms with Crippen LogP contribution in [-0.4, -0.2) is 36.2 Å². The van der Waals surface area contributed by atoms with E-state index in [1.54, 1.807) is 0 Å². The molecule has 110 valence electrons. The highest BCUT2D eigenvalue weighted by atomic mass is 127. The molecule has 1 aromatic carbocycles. The Bertz CT molecular complexity index is 468. The van der Waals surface area contributed by atoms with Crippen molar-refractivity contribution in [1.82, 2.24) is 10.2 Å². The minimum Gasteiger partial charge on any atom is -0.444 e. The van der Waals surface area contributed by atoms with Crippen LogP contribution < -0.4 is 5.32 Å². The quantitative estimate of drug-likeness (QED) is 0.752. The zero-order valence-electron chi connectivity index (χ0n) is 12.1. The summed E-state index contributed by atoms with van der Waals surface area (Å²) in [5, 5.41) is 3.34. The molecule has 1 unspecified atom stereocenters. The van der Waals surface area contributed by atoms with Gasteiger partial charge in [0.1, 0.15) is 5.60 Å². The third kappa shape index (κ3) is 4.09. The third-order valence-electron chi connectivity index (χ3n) is 3.13. The number of carbonyl (C=O) groups is 1. The van der Waals surface area contributed by atoms with Crippen LogP contribution in [0.2, 0.25) is 0 Å². The molecule has 0 saturated carbocycles. The lowest BCUT2D eigenvalue weighted by atomic mass is 10.0. The van der Waals surface area contributed by atoms with E-state index in [-0.39, 0.29) is 12.1 Å². The summed E-state index contributed by atoms with van der Waals surface area (Å²) in [6.45, 7) is 7.93. The molecule has 1 aliphatic rings. The molecule has 1 fully saturated rings. The smallest absolute Gasteiger partial charge is 0.410 e. The summed E-state index contributed by atoms with van der Waals surface area (Å²) in [7, 11) is 0. The molecule has 1 heterocycles. The highest BCUT2D eigenvalue weighted by Gasteiger charge is 2.31. The van der Waals surface area contributed by atoms with Crippen LogP contribution in [0.25, 0.3) is 0 Å². The summed E-state index contributed by atoms with van der Waals surface area (Å²) in [6.07, 6.45) is -0.234. The van der Waals surface area contributed by atoms with Crippen LogP contribution in [-0.2, 0) is 4.74 Å². The van der Waals surface area contributed by atoms with E-state index in [4.69, 9.17) is 4.74 Å². The maximum atomic E-state index is 12.3. The lowest BCUT2D eigenvalue weighted by Crippen LogP contribution is -2.50. The number of hydrogen-bond acceptors (Lipinski definition) is 3. The van der Waals surface area contributed by atoms with E-state index in [2.05, 4.69) is 52.2 Å². The number of carbonyl (C=O) groups excluding carboxylic acids is 1. The predicted molar refractivity (Wildman–Crippen MR) is 87.7 cm³/mol. The largest absolute Gasteiger partial charge is 0.444 e. The first-order chi connectivity index (χ1) is 9.37. The zero-order valence-corrected chi connectivity index (χ0v) is 14.3. The van der Waals surface area contributed by atoms with Gasteiger partial charge in [0.05, 0.1) is 6.04 Å². The van der Waals surface area contributed by atoms with E-state index in [0.29, 0.717) is 6.54 Å². The van der Waals surface area contributed by atoms with Crippen molar-refractivity contribution in [1.29, 1.82) is 0 Å². The molecule has 0 radical (unpaired) electrons. The number of rotatable bonds is 1. The van der Waals surface area contributed by atoms with E-state index >= 15 is 0 Å². The molecule has 0 aromatic heterocycles. The second-order valence-electron chi connectivity index (χ2n) is 5.95. The monoisotopic (exact) mass is 388 g/mol. The van der Waals surface area contributed by atoms with Crippen molar-refractivity contribution in [3.63, 3.8) is 0 Å². The maximum Gasteiger partial charge on any atom is 0.410 e. The molecule has 5 heteroatoms. The Morgan fingerprint density at radius 1 is 1.35 bits per heavy atom. The summed E-state index contributed by atoms with van der Waals surface area (Å²) < 4.78 is 6.70. The Hall–Kier alpha value is -0.820. The minimum absolute atomic E-state index is 0.0376. The molecule has 1 saturated heterocycles. The fourth-order valence-electron chi connectivity index (χ4n) is 2.23. The summed E-state index contributed by atoms with van der Waals surface area (Å²) >= 11 is 2.28. The van der Waals surface area contributed by atoms with Crippen LogP contribution >= 0.6 is 22.6 Å². The average Bonchev–Trinajstić information content (AvgIpc) is 2.38. The van der Waals surface area contributed by atoms with E-state index < -0.39 is 5.60 Å². The Morgan fingerprint density at radius 3 is 2.60 bits per heavy atom. The van der Waals surface area contributed by atoms with E-state index in [1.165, 1.54) is 3.57 Å². The second-order valence-corrected chi connectivity index (χ2v) is 7.19. The van der Waals surface area contributed by atoms with Crippen LogP contribution in [0.4, 0.5) is 4.79 Å². The van der Waals surface area contributed by atoms with Crippen molar-refractivity contribution in [2.24, 2.45) is 0 Å². The Balaban J connectivity index is 2.16. The molecule has 1 aromatic rings. The number of piperazine rings is 1. The summed E-state index contributed by atoms with van der Waals surface area (Å²) in [5.74, 6) is 0. The van der Waals surface area contributed by atoms with Gasteiger partial charge in [-0.1, -0.05) is 12.1 Å². The van der Waals surface area contributed by atoms with Crippen molar-refractivity contribution in [3.8, 4) is 0 Å². The number of benzene rings is 1. The van der Waals surface area contributed by atoms with Gasteiger partial charge in [-0.05, 0) is 61.1 Å². The van der Waals surface area contributed by atoms with Gasteiger partial charge in [0.15, 0.2) is 0 Å². The maximum absolute atomic E-state index is 12.3. The molecule has 0 aliphatic carbocycles. The first-order valence-electron chi connectivity index (χ1n) is 6.82. The summed E-state index contributed by atoms with van der Waals surface area (Å²) in [6, 6.07) is 8.33. The molecule has 1 aliphatic heterocycles. The van der Waals surface area contributed by atoms with Gasteiger partial charge in [0.2, 0.25) is 0 Å². The first kappa shape index (κ1) is 15.6. The number of hydrogen-bond donors (Lipinski definition) is 1. The Labute approximate surface area is 134 Å². The topological polar surface area (TPSA) is 41.6 Å². The Morgan fingerprint density at radius 2 is 2.00 bits per heavy atom. The SMILES string of the molecule is CC(C)(C)OC(=O)N1CCNCC1c1ccc(I)cc1. The standard InChI is InChI=1S/C15H21IN2O2/c1-15(2,3)20-14(19)18-9-8-17-10-13(18)11-4-6-12(16)7-5-11/h4-7,13,17H,8-10H2,1-3H3. The van der Waals surface area contributed by atoms with Gasteiger partial charge in [-0.3, -0.25) is 4.90 Å². The molecule has 1 N–H and O–H groups in total. The molecule has 0 spiro atoms. The molecular weight excluding hydrogens is 367 g/mol. The number of ether oxygens (including phenoxy) is 1. The van der Waals surface area contributed by atoms with E-state index in [1.807, 2.05) is 25.7 Å². The fraction of sp³-hybridized carbons (Fsp3) is 0.533. The van der Waals surface area contributed by atoms with E-state index in [9.17, 15) is 4.79 Å². The van der Waals surface area contributed by atoms with Gasteiger partial charge in [0, 0.05) is 23.2 Å². The van der Waals surface area contributed by atoms with Gasteiger partial charge in [-0.2, -0.15) is 0 Å². The highest BCUT2D eigenvalue weighted by Crippen LogP contribution is 2.25. The molecule has 1 amide bonds. The molecule has 4 nitrogen and oxygen atoms in total. The lowest BCUT2D eigenvalue weighted by molar-refractivity contribution is 0.0118. The van der Waals surface area contributed by atoms with Crippen molar-refractivity contribution in [2.75, 3.05) is 19.6 Å². The highest BCUT2D eigenvalue weighted by molar-refractivity contribution is 14.1. The lowest BCUT2D eigenvalue weighted by Gasteiger charge is -2.37. The van der Waals surface area contributed by atoms with Crippen LogP contribution in [0, 0.1) is 3.57 Å². The molecule has 20 heavy (non-hydrogen) atoms. The molecule has 2 rings (SSSR count). The van der Waals surface area contributed by atoms with Gasteiger partial charge in [-0.15, -0.1) is 0 Å². The van der Waals surface area contributed by atoms with E-state index in [0.717, 1.165) is 18.7 Å². The molecule has 0 bridgehead atoms. The molecule has 1 atom stereocenters. The third-order valence-corrected chi connectivity index (χ3v) is 3.85. The number of halogens is 1. The predicted octanol–water partition coefficient (Wildman–Crippen LogP) is 3.17. The first-order valence-corrected chi connectivity index (χ1v) is 7.90. The number of nitrogens with one attached hydrogen (secondary N) is 1. The van der Waals surface area contributed by atoms with Crippen LogP contribution in [0.15, 0.2) is 24.3 Å². The van der Waals surface area contributed by atoms with Gasteiger partial charge >= 0.3 is 6.09 Å². The molecular formula is C15H21IN2O2. The average molecular weight is 388 g/mol. The van der Waals surface area contributed by atoms with Crippen LogP contribution in [0.1, 0.15) is 32.4 Å². The van der Waals surface area contributed by atoms with Crippen LogP contribution in [0.5, 0.6) is 0 Å². The van der Waals surface area contributed by atoms with Crippen molar-refractivity contribution in [3.05, 3.63) is 33.4 Å². The number of amides is 1. The number of nitrogens with zero attached hydrogens (tertiary/aromatic N) is 1.